The highest BCUT2D eigenvalue weighted by atomic mass is 32.2. The number of nitriles is 1. The van der Waals surface area contributed by atoms with Gasteiger partial charge in [-0.2, -0.15) is 15.3 Å². The highest BCUT2D eigenvalue weighted by molar-refractivity contribution is 7.80. The first kappa shape index (κ1) is 21.9. The molecule has 178 valence electrons. The Morgan fingerprint density at radius 3 is 2.65 bits per heavy atom. The lowest BCUT2D eigenvalue weighted by Crippen LogP contribution is -2.56. The fourth-order valence-corrected chi connectivity index (χ4v) is 7.94. The van der Waals surface area contributed by atoms with Crippen molar-refractivity contribution in [2.24, 2.45) is 5.92 Å². The Labute approximate surface area is 204 Å². The van der Waals surface area contributed by atoms with E-state index in [-0.39, 0.29) is 24.0 Å². The first-order chi connectivity index (χ1) is 16.5. The number of piperidine rings is 1. The number of aromatic amines is 1. The number of hydrogen-bond acceptors (Lipinski definition) is 8. The van der Waals surface area contributed by atoms with Crippen LogP contribution in [-0.2, 0) is 11.2 Å². The molecule has 3 atom stereocenters. The summed E-state index contributed by atoms with van der Waals surface area (Å²) >= 11 is 0.519. The maximum absolute atomic E-state index is 13.1. The molecule has 3 aromatic heterocycles. The fraction of sp³-hybridized carbons (Fsp3) is 0.545. The summed E-state index contributed by atoms with van der Waals surface area (Å²) in [6, 6.07) is 7.08. The molecule has 0 aliphatic carbocycles. The van der Waals surface area contributed by atoms with Crippen molar-refractivity contribution in [3.63, 3.8) is 0 Å². The smallest absolute Gasteiger partial charge is 0.225 e. The predicted molar refractivity (Wildman–Crippen MR) is 133 cm³/mol. The second-order valence-electron chi connectivity index (χ2n) is 9.49. The molecule has 0 radical (unpaired) electrons. The van der Waals surface area contributed by atoms with Gasteiger partial charge in [-0.15, -0.1) is 11.3 Å². The quantitative estimate of drug-likeness (QED) is 0.477. The molecule has 0 spiro atoms. The standard InChI is InChI=1S/C22H27N9OS2/c1-12-5-19(29-28-12)26-21-20-18(6-13(2)33-20)25-22(27-21)24-15-7-16-3-4-17(8-15)31(16)34(32)30-10-14(9-23)11-30/h5-6,14-17H,3-4,7-8,10-11H2,1-2H3,(H3,24,25,26,27,28,29). The Morgan fingerprint density at radius 2 is 1.97 bits per heavy atom. The van der Waals surface area contributed by atoms with Crippen LogP contribution in [0.3, 0.4) is 0 Å². The van der Waals surface area contributed by atoms with Crippen LogP contribution in [0.5, 0.6) is 0 Å². The molecule has 3 aromatic rings. The van der Waals surface area contributed by atoms with Crippen molar-refractivity contribution in [3.8, 4) is 6.07 Å². The molecule has 6 heterocycles. The average Bonchev–Trinajstić information content (AvgIpc) is 3.42. The Balaban J connectivity index is 1.19. The largest absolute Gasteiger partial charge is 0.351 e. The van der Waals surface area contributed by atoms with E-state index in [1.807, 2.05) is 17.3 Å². The van der Waals surface area contributed by atoms with Crippen molar-refractivity contribution in [2.45, 2.75) is 57.7 Å². The second-order valence-corrected chi connectivity index (χ2v) is 12.1. The van der Waals surface area contributed by atoms with Crippen molar-refractivity contribution >= 4 is 50.3 Å². The number of nitrogens with one attached hydrogen (secondary N) is 3. The van der Waals surface area contributed by atoms with Crippen LogP contribution in [0, 0.1) is 31.1 Å². The monoisotopic (exact) mass is 497 g/mol. The van der Waals surface area contributed by atoms with Crippen LogP contribution >= 0.6 is 11.3 Å². The third-order valence-corrected chi connectivity index (χ3v) is 9.62. The van der Waals surface area contributed by atoms with E-state index in [1.165, 1.54) is 4.88 Å². The maximum Gasteiger partial charge on any atom is 0.225 e. The summed E-state index contributed by atoms with van der Waals surface area (Å²) in [6.45, 7) is 5.26. The number of fused-ring (bicyclic) bond motifs is 3. The van der Waals surface area contributed by atoms with Crippen molar-refractivity contribution in [2.75, 3.05) is 23.7 Å². The number of rotatable bonds is 6. The first-order valence-electron chi connectivity index (χ1n) is 11.7. The summed E-state index contributed by atoms with van der Waals surface area (Å²) < 4.78 is 18.3. The van der Waals surface area contributed by atoms with Gasteiger partial charge in [0.05, 0.1) is 22.2 Å². The minimum absolute atomic E-state index is 0.0156. The lowest BCUT2D eigenvalue weighted by atomic mass is 10.00. The third kappa shape index (κ3) is 3.96. The van der Waals surface area contributed by atoms with Gasteiger partial charge in [0.1, 0.15) is 0 Å². The SMILES string of the molecule is Cc1cc(Nc2nc(NC3CC4CCC(C3)N4S(=O)N3CC(C#N)C3)nc3cc(C)sc23)n[nH]1. The summed E-state index contributed by atoms with van der Waals surface area (Å²) in [5, 5.41) is 23.2. The maximum atomic E-state index is 13.1. The van der Waals surface area contributed by atoms with Gasteiger partial charge in [0, 0.05) is 47.9 Å². The molecule has 3 N–H and O–H groups in total. The Morgan fingerprint density at radius 1 is 1.21 bits per heavy atom. The zero-order valence-electron chi connectivity index (χ0n) is 19.1. The molecule has 3 saturated heterocycles. The highest BCUT2D eigenvalue weighted by Gasteiger charge is 2.47. The summed E-state index contributed by atoms with van der Waals surface area (Å²) in [4.78, 5) is 10.8. The van der Waals surface area contributed by atoms with Gasteiger partial charge >= 0.3 is 0 Å². The van der Waals surface area contributed by atoms with Crippen LogP contribution in [-0.4, -0.2) is 64.2 Å². The first-order valence-corrected chi connectivity index (χ1v) is 13.5. The summed E-state index contributed by atoms with van der Waals surface area (Å²) in [5.41, 5.74) is 1.90. The number of aryl methyl sites for hydroxylation is 2. The van der Waals surface area contributed by atoms with E-state index in [0.29, 0.717) is 19.0 Å². The number of anilines is 3. The molecule has 10 nitrogen and oxygen atoms in total. The van der Waals surface area contributed by atoms with Crippen molar-refractivity contribution < 1.29 is 4.21 Å². The van der Waals surface area contributed by atoms with Crippen LogP contribution in [0.1, 0.15) is 36.3 Å². The molecule has 34 heavy (non-hydrogen) atoms. The zero-order valence-corrected chi connectivity index (χ0v) is 20.7. The molecule has 0 aromatic carbocycles. The van der Waals surface area contributed by atoms with E-state index in [4.69, 9.17) is 15.2 Å². The fourth-order valence-electron chi connectivity index (χ4n) is 5.27. The van der Waals surface area contributed by atoms with E-state index >= 15 is 0 Å². The van der Waals surface area contributed by atoms with Gasteiger partial charge in [-0.1, -0.05) is 0 Å². The van der Waals surface area contributed by atoms with Crippen LogP contribution < -0.4 is 10.6 Å². The van der Waals surface area contributed by atoms with Gasteiger partial charge in [-0.25, -0.2) is 17.8 Å². The van der Waals surface area contributed by atoms with E-state index < -0.39 is 11.2 Å². The molecule has 3 aliphatic rings. The molecule has 3 fully saturated rings. The molecule has 0 amide bonds. The molecule has 12 heteroatoms. The third-order valence-electron chi connectivity index (χ3n) is 6.88. The molecule has 6 rings (SSSR count). The molecule has 3 unspecified atom stereocenters. The van der Waals surface area contributed by atoms with E-state index in [1.54, 1.807) is 11.3 Å². The Bertz CT molecular complexity index is 1280. The van der Waals surface area contributed by atoms with Crippen LogP contribution in [0.4, 0.5) is 17.6 Å². The molecule has 3 aliphatic heterocycles. The van der Waals surface area contributed by atoms with Crippen molar-refractivity contribution in [3.05, 3.63) is 22.7 Å². The van der Waals surface area contributed by atoms with Crippen LogP contribution in [0.15, 0.2) is 12.1 Å². The van der Waals surface area contributed by atoms with Gasteiger partial charge < -0.3 is 10.6 Å². The zero-order chi connectivity index (χ0) is 23.4. The van der Waals surface area contributed by atoms with E-state index in [9.17, 15) is 4.21 Å². The molecular weight excluding hydrogens is 470 g/mol. The average molecular weight is 498 g/mol. The molecule has 0 saturated carbocycles. The summed E-state index contributed by atoms with van der Waals surface area (Å²) in [7, 11) is 0. The van der Waals surface area contributed by atoms with Crippen molar-refractivity contribution in [1.82, 2.24) is 28.8 Å². The molecular formula is C22H27N9OS2. The van der Waals surface area contributed by atoms with Gasteiger partial charge in [-0.05, 0) is 45.6 Å². The lowest BCUT2D eigenvalue weighted by molar-refractivity contribution is 0.200. The minimum Gasteiger partial charge on any atom is -0.351 e. The molecule has 2 bridgehead atoms. The minimum atomic E-state index is -1.15. The number of hydrogen-bond donors (Lipinski definition) is 3. The number of aromatic nitrogens is 4. The van der Waals surface area contributed by atoms with Crippen LogP contribution in [0.25, 0.3) is 10.2 Å². The number of thiophene rings is 1. The van der Waals surface area contributed by atoms with Gasteiger partial charge in [0.2, 0.25) is 5.95 Å². The Hall–Kier alpha value is -2.59. The Kier molecular flexibility index (Phi) is 5.52. The number of nitrogens with zero attached hydrogens (tertiary/aromatic N) is 6. The van der Waals surface area contributed by atoms with E-state index in [2.05, 4.69) is 44.2 Å². The summed E-state index contributed by atoms with van der Waals surface area (Å²) in [6.07, 6.45) is 3.92. The van der Waals surface area contributed by atoms with Gasteiger partial charge in [0.15, 0.2) is 22.8 Å². The highest BCUT2D eigenvalue weighted by Crippen LogP contribution is 2.40. The predicted octanol–water partition coefficient (Wildman–Crippen LogP) is 3.22. The van der Waals surface area contributed by atoms with Crippen LogP contribution in [0.2, 0.25) is 0 Å². The topological polar surface area (TPSA) is 126 Å². The van der Waals surface area contributed by atoms with Gasteiger partial charge in [-0.3, -0.25) is 5.10 Å². The normalized spacial score (nSPS) is 26.3. The van der Waals surface area contributed by atoms with Gasteiger partial charge in [0.25, 0.3) is 0 Å². The van der Waals surface area contributed by atoms with Crippen molar-refractivity contribution in [1.29, 1.82) is 5.26 Å². The summed E-state index contributed by atoms with van der Waals surface area (Å²) in [5.74, 6) is 2.11. The second kappa shape index (κ2) is 8.57. The van der Waals surface area contributed by atoms with E-state index in [0.717, 1.165) is 53.2 Å². The lowest BCUT2D eigenvalue weighted by Gasteiger charge is -2.43. The number of H-pyrrole nitrogens is 1.